The molecule has 0 bridgehead atoms. The average molecular weight is 300 g/mol. The zero-order valence-electron chi connectivity index (χ0n) is 12.8. The summed E-state index contributed by atoms with van der Waals surface area (Å²) in [5.74, 6) is 0.653. The number of aromatic nitrogens is 1. The Morgan fingerprint density at radius 2 is 1.39 bits per heavy atom. The van der Waals surface area contributed by atoms with Crippen LogP contribution in [0, 0.1) is 0 Å². The van der Waals surface area contributed by atoms with Crippen molar-refractivity contribution in [3.8, 4) is 11.5 Å². The number of hydrogen-bond acceptors (Lipinski definition) is 3. The first kappa shape index (κ1) is 13.6. The van der Waals surface area contributed by atoms with Gasteiger partial charge < -0.3 is 9.32 Å². The minimum Gasteiger partial charge on any atom is -0.436 e. The van der Waals surface area contributed by atoms with E-state index in [1.54, 1.807) is 0 Å². The van der Waals surface area contributed by atoms with E-state index in [1.165, 1.54) is 0 Å². The summed E-state index contributed by atoms with van der Waals surface area (Å²) < 4.78 is 5.81. The van der Waals surface area contributed by atoms with Crippen molar-refractivity contribution in [3.63, 3.8) is 0 Å². The molecule has 1 aromatic heterocycles. The fourth-order valence-electron chi connectivity index (χ4n) is 2.62. The number of hydrogen-bond donors (Lipinski definition) is 0. The lowest BCUT2D eigenvalue weighted by Crippen LogP contribution is -2.08. The fraction of sp³-hybridized carbons (Fsp3) is 0.0500. The second kappa shape index (κ2) is 5.61. The molecule has 0 radical (unpaired) electrons. The van der Waals surface area contributed by atoms with E-state index in [0.717, 1.165) is 28.0 Å². The number of fused-ring (bicyclic) bond motifs is 1. The molecule has 0 saturated carbocycles. The first-order chi connectivity index (χ1) is 11.3. The van der Waals surface area contributed by atoms with Crippen molar-refractivity contribution in [1.29, 1.82) is 0 Å². The van der Waals surface area contributed by atoms with E-state index in [4.69, 9.17) is 4.42 Å². The van der Waals surface area contributed by atoms with E-state index in [2.05, 4.69) is 41.2 Å². The molecule has 0 aliphatic carbocycles. The van der Waals surface area contributed by atoms with Crippen LogP contribution >= 0.6 is 0 Å². The third-order valence-corrected chi connectivity index (χ3v) is 3.94. The number of para-hydroxylation sites is 3. The highest BCUT2D eigenvalue weighted by Crippen LogP contribution is 2.28. The molecule has 1 heterocycles. The van der Waals surface area contributed by atoms with Crippen LogP contribution in [0.25, 0.3) is 22.6 Å². The summed E-state index contributed by atoms with van der Waals surface area (Å²) in [7, 11) is 2.06. The highest BCUT2D eigenvalue weighted by atomic mass is 16.3. The molecule has 0 spiro atoms. The Hall–Kier alpha value is -3.07. The third kappa shape index (κ3) is 2.57. The van der Waals surface area contributed by atoms with Gasteiger partial charge in [-0.05, 0) is 48.5 Å². The molecule has 0 fully saturated rings. The van der Waals surface area contributed by atoms with E-state index < -0.39 is 0 Å². The summed E-state index contributed by atoms with van der Waals surface area (Å²) in [6, 6.07) is 26.3. The highest BCUT2D eigenvalue weighted by Gasteiger charge is 2.09. The Kier molecular flexibility index (Phi) is 3.31. The monoisotopic (exact) mass is 300 g/mol. The maximum Gasteiger partial charge on any atom is 0.227 e. The second-order valence-corrected chi connectivity index (χ2v) is 5.43. The molecule has 23 heavy (non-hydrogen) atoms. The van der Waals surface area contributed by atoms with Crippen LogP contribution in [-0.2, 0) is 0 Å². The second-order valence-electron chi connectivity index (χ2n) is 5.43. The summed E-state index contributed by atoms with van der Waals surface area (Å²) >= 11 is 0. The van der Waals surface area contributed by atoms with E-state index in [-0.39, 0.29) is 0 Å². The van der Waals surface area contributed by atoms with Crippen LogP contribution in [0.4, 0.5) is 11.4 Å². The third-order valence-electron chi connectivity index (χ3n) is 3.94. The summed E-state index contributed by atoms with van der Waals surface area (Å²) in [5.41, 5.74) is 4.95. The number of benzene rings is 3. The number of oxazole rings is 1. The summed E-state index contributed by atoms with van der Waals surface area (Å²) in [5, 5.41) is 0. The number of rotatable bonds is 3. The smallest absolute Gasteiger partial charge is 0.227 e. The quantitative estimate of drug-likeness (QED) is 0.516. The van der Waals surface area contributed by atoms with Crippen molar-refractivity contribution in [2.24, 2.45) is 0 Å². The summed E-state index contributed by atoms with van der Waals surface area (Å²) in [6.45, 7) is 0. The Morgan fingerprint density at radius 1 is 0.739 bits per heavy atom. The summed E-state index contributed by atoms with van der Waals surface area (Å²) in [6.07, 6.45) is 0. The van der Waals surface area contributed by atoms with E-state index in [0.29, 0.717) is 5.89 Å². The standard InChI is InChI=1S/C20H16N2O/c1-22(16-7-3-2-4-8-16)17-13-11-15(12-14-17)20-21-18-9-5-6-10-19(18)23-20/h2-14H,1H3. The van der Waals surface area contributed by atoms with Gasteiger partial charge in [-0.3, -0.25) is 0 Å². The first-order valence-electron chi connectivity index (χ1n) is 7.56. The van der Waals surface area contributed by atoms with Gasteiger partial charge in [0, 0.05) is 24.0 Å². The van der Waals surface area contributed by atoms with E-state index in [9.17, 15) is 0 Å². The largest absolute Gasteiger partial charge is 0.436 e. The van der Waals surface area contributed by atoms with Gasteiger partial charge in [-0.1, -0.05) is 30.3 Å². The Balaban J connectivity index is 1.65. The molecule has 0 aliphatic heterocycles. The van der Waals surface area contributed by atoms with Crippen LogP contribution in [0.15, 0.2) is 83.3 Å². The molecule has 3 nitrogen and oxygen atoms in total. The maximum absolute atomic E-state index is 5.81. The van der Waals surface area contributed by atoms with Crippen LogP contribution in [0.2, 0.25) is 0 Å². The van der Waals surface area contributed by atoms with Crippen molar-refractivity contribution < 1.29 is 4.42 Å². The van der Waals surface area contributed by atoms with Crippen LogP contribution in [0.3, 0.4) is 0 Å². The molecule has 0 atom stereocenters. The maximum atomic E-state index is 5.81. The lowest BCUT2D eigenvalue weighted by molar-refractivity contribution is 0.620. The molecule has 112 valence electrons. The van der Waals surface area contributed by atoms with Gasteiger partial charge >= 0.3 is 0 Å². The normalized spacial score (nSPS) is 10.8. The fourth-order valence-corrected chi connectivity index (χ4v) is 2.62. The first-order valence-corrected chi connectivity index (χ1v) is 7.56. The van der Waals surface area contributed by atoms with Crippen LogP contribution in [0.5, 0.6) is 0 Å². The minimum absolute atomic E-state index is 0.653. The van der Waals surface area contributed by atoms with Gasteiger partial charge in [0.2, 0.25) is 5.89 Å². The molecule has 4 rings (SSSR count). The summed E-state index contributed by atoms with van der Waals surface area (Å²) in [4.78, 5) is 6.68. The molecule has 3 heteroatoms. The SMILES string of the molecule is CN(c1ccccc1)c1ccc(-c2nc3ccccc3o2)cc1. The molecule has 0 aliphatic rings. The van der Waals surface area contributed by atoms with Crippen molar-refractivity contribution in [2.75, 3.05) is 11.9 Å². The Bertz CT molecular complexity index is 894. The topological polar surface area (TPSA) is 29.3 Å². The van der Waals surface area contributed by atoms with Gasteiger partial charge in [-0.2, -0.15) is 0 Å². The van der Waals surface area contributed by atoms with Gasteiger partial charge in [0.15, 0.2) is 5.58 Å². The Morgan fingerprint density at radius 3 is 2.13 bits per heavy atom. The molecule has 0 amide bonds. The van der Waals surface area contributed by atoms with Crippen LogP contribution < -0.4 is 4.90 Å². The minimum atomic E-state index is 0.653. The molecule has 4 aromatic rings. The van der Waals surface area contributed by atoms with Gasteiger partial charge in [-0.15, -0.1) is 0 Å². The van der Waals surface area contributed by atoms with Crippen molar-refractivity contribution in [1.82, 2.24) is 4.98 Å². The number of anilines is 2. The van der Waals surface area contributed by atoms with Crippen molar-refractivity contribution in [3.05, 3.63) is 78.9 Å². The van der Waals surface area contributed by atoms with Gasteiger partial charge in [-0.25, -0.2) is 4.98 Å². The average Bonchev–Trinajstić information content (AvgIpc) is 3.06. The Labute approximate surface area is 134 Å². The molecular weight excluding hydrogens is 284 g/mol. The lowest BCUT2D eigenvalue weighted by atomic mass is 10.2. The molecule has 0 saturated heterocycles. The zero-order valence-corrected chi connectivity index (χ0v) is 12.8. The van der Waals surface area contributed by atoms with Crippen LogP contribution in [0.1, 0.15) is 0 Å². The molecular formula is C20H16N2O. The predicted octanol–water partition coefficient (Wildman–Crippen LogP) is 5.26. The highest BCUT2D eigenvalue weighted by molar-refractivity contribution is 5.76. The molecule has 0 N–H and O–H groups in total. The van der Waals surface area contributed by atoms with E-state index in [1.807, 2.05) is 54.6 Å². The molecule has 3 aromatic carbocycles. The van der Waals surface area contributed by atoms with Crippen LogP contribution in [-0.4, -0.2) is 12.0 Å². The van der Waals surface area contributed by atoms with Gasteiger partial charge in [0.1, 0.15) is 5.52 Å². The van der Waals surface area contributed by atoms with Crippen molar-refractivity contribution >= 4 is 22.5 Å². The van der Waals surface area contributed by atoms with Gasteiger partial charge in [0.25, 0.3) is 0 Å². The zero-order chi connectivity index (χ0) is 15.6. The lowest BCUT2D eigenvalue weighted by Gasteiger charge is -2.19. The van der Waals surface area contributed by atoms with E-state index >= 15 is 0 Å². The number of nitrogens with zero attached hydrogens (tertiary/aromatic N) is 2. The van der Waals surface area contributed by atoms with Crippen molar-refractivity contribution in [2.45, 2.75) is 0 Å². The molecule has 0 unspecified atom stereocenters. The van der Waals surface area contributed by atoms with Gasteiger partial charge in [0.05, 0.1) is 0 Å². The predicted molar refractivity (Wildman–Crippen MR) is 94.0 cm³/mol.